The van der Waals surface area contributed by atoms with Gasteiger partial charge in [-0.15, -0.1) is 0 Å². The van der Waals surface area contributed by atoms with Gasteiger partial charge in [0.1, 0.15) is 5.60 Å². The fourth-order valence-electron chi connectivity index (χ4n) is 5.04. The number of aliphatic hydroxyl groups excluding tert-OH is 2. The third-order valence-electron chi connectivity index (χ3n) is 5.87. The molecule has 1 saturated carbocycles. The van der Waals surface area contributed by atoms with E-state index in [4.69, 9.17) is 4.74 Å². The van der Waals surface area contributed by atoms with Crippen LogP contribution in [0.1, 0.15) is 40.0 Å². The van der Waals surface area contributed by atoms with E-state index in [-0.39, 0.29) is 17.9 Å². The largest absolute Gasteiger partial charge is 0.389 e. The zero-order chi connectivity index (χ0) is 14.1. The molecule has 1 saturated heterocycles. The topological polar surface area (TPSA) is 69.9 Å². The molecular weight excluding hydrogens is 244 g/mol. The average Bonchev–Trinajstić information content (AvgIpc) is 2.57. The molecule has 0 aromatic rings. The second-order valence-electron chi connectivity index (χ2n) is 7.35. The van der Waals surface area contributed by atoms with Gasteiger partial charge in [-0.05, 0) is 23.8 Å². The van der Waals surface area contributed by atoms with Crippen LogP contribution in [0.5, 0.6) is 0 Å². The Morgan fingerprint density at radius 3 is 2.58 bits per heavy atom. The summed E-state index contributed by atoms with van der Waals surface area (Å²) >= 11 is 0. The number of rotatable bonds is 0. The summed E-state index contributed by atoms with van der Waals surface area (Å²) in [5.41, 5.74) is -1.32. The summed E-state index contributed by atoms with van der Waals surface area (Å²) in [6.45, 7) is 6.48. The molecule has 19 heavy (non-hydrogen) atoms. The van der Waals surface area contributed by atoms with Crippen LogP contribution in [0.2, 0.25) is 0 Å². The number of ether oxygens (including phenoxy) is 1. The Bertz CT molecular complexity index is 430. The molecule has 1 aliphatic heterocycles. The van der Waals surface area contributed by atoms with Crippen LogP contribution < -0.4 is 0 Å². The van der Waals surface area contributed by atoms with E-state index in [2.05, 4.69) is 13.8 Å². The van der Waals surface area contributed by atoms with E-state index >= 15 is 0 Å². The highest BCUT2D eigenvalue weighted by molar-refractivity contribution is 5.35. The smallest absolute Gasteiger partial charge is 0.188 e. The zero-order valence-electron chi connectivity index (χ0n) is 11.9. The van der Waals surface area contributed by atoms with Gasteiger partial charge >= 0.3 is 0 Å². The maximum atomic E-state index is 11.1. The molecule has 1 heterocycles. The van der Waals surface area contributed by atoms with Gasteiger partial charge in [0.2, 0.25) is 0 Å². The summed E-state index contributed by atoms with van der Waals surface area (Å²) in [6, 6.07) is 0. The van der Waals surface area contributed by atoms with Crippen molar-refractivity contribution in [2.24, 2.45) is 16.7 Å². The first-order valence-corrected chi connectivity index (χ1v) is 7.15. The molecule has 0 bridgehead atoms. The van der Waals surface area contributed by atoms with Crippen molar-refractivity contribution in [2.45, 2.75) is 58.0 Å². The van der Waals surface area contributed by atoms with E-state index in [1.54, 1.807) is 6.08 Å². The number of hydrogen-bond donors (Lipinski definition) is 3. The van der Waals surface area contributed by atoms with Gasteiger partial charge in [-0.2, -0.15) is 0 Å². The molecular formula is C15H24O4. The molecule has 3 aliphatic rings. The Morgan fingerprint density at radius 2 is 1.89 bits per heavy atom. The van der Waals surface area contributed by atoms with Crippen LogP contribution in [0, 0.1) is 16.7 Å². The summed E-state index contributed by atoms with van der Waals surface area (Å²) in [4.78, 5) is 0. The molecule has 0 radical (unpaired) electrons. The Hall–Kier alpha value is -0.420. The lowest BCUT2D eigenvalue weighted by molar-refractivity contribution is -0.242. The quantitative estimate of drug-likeness (QED) is 0.577. The normalized spacial score (nSPS) is 52.3. The summed E-state index contributed by atoms with van der Waals surface area (Å²) in [5.74, 6) is -0.0705. The Kier molecular flexibility index (Phi) is 2.72. The molecule has 5 unspecified atom stereocenters. The third-order valence-corrected chi connectivity index (χ3v) is 5.87. The maximum Gasteiger partial charge on any atom is 0.188 e. The van der Waals surface area contributed by atoms with Gasteiger partial charge in [0.05, 0.1) is 12.7 Å². The highest BCUT2D eigenvalue weighted by Crippen LogP contribution is 2.63. The molecule has 2 fully saturated rings. The highest BCUT2D eigenvalue weighted by atomic mass is 16.6. The van der Waals surface area contributed by atoms with Gasteiger partial charge in [-0.25, -0.2) is 0 Å². The minimum Gasteiger partial charge on any atom is -0.389 e. The zero-order valence-corrected chi connectivity index (χ0v) is 11.9. The van der Waals surface area contributed by atoms with Crippen molar-refractivity contribution < 1.29 is 20.1 Å². The Morgan fingerprint density at radius 1 is 1.21 bits per heavy atom. The molecule has 2 aliphatic carbocycles. The lowest BCUT2D eigenvalue weighted by Crippen LogP contribution is -2.65. The van der Waals surface area contributed by atoms with E-state index in [0.717, 1.165) is 19.3 Å². The van der Waals surface area contributed by atoms with Crippen molar-refractivity contribution in [3.8, 4) is 0 Å². The van der Waals surface area contributed by atoms with E-state index in [0.29, 0.717) is 5.57 Å². The summed E-state index contributed by atoms with van der Waals surface area (Å²) in [6.07, 6.45) is 2.76. The standard InChI is InChI=1S/C15H24O4/c1-13(2)5-4-6-14(3)11(13)10(16)7-9-8-19-12(17)15(9,14)18/h7,10-12,16-18H,4-6,8H2,1-3H3. The van der Waals surface area contributed by atoms with Crippen molar-refractivity contribution in [3.63, 3.8) is 0 Å². The minimum atomic E-state index is -1.35. The molecule has 0 aromatic heterocycles. The van der Waals surface area contributed by atoms with Gasteiger partial charge in [0.25, 0.3) is 0 Å². The van der Waals surface area contributed by atoms with Gasteiger partial charge in [0, 0.05) is 11.3 Å². The molecule has 0 spiro atoms. The van der Waals surface area contributed by atoms with Crippen molar-refractivity contribution >= 4 is 0 Å². The SMILES string of the molecule is CC1(C)CCCC2(C)C1C(O)C=C1COC(O)C12O. The van der Waals surface area contributed by atoms with Gasteiger partial charge in [0.15, 0.2) is 6.29 Å². The van der Waals surface area contributed by atoms with Gasteiger partial charge < -0.3 is 20.1 Å². The second-order valence-corrected chi connectivity index (χ2v) is 7.35. The first kappa shape index (κ1) is 13.6. The van der Waals surface area contributed by atoms with Crippen molar-refractivity contribution in [1.82, 2.24) is 0 Å². The number of hydrogen-bond acceptors (Lipinski definition) is 4. The Labute approximate surface area is 114 Å². The molecule has 4 nitrogen and oxygen atoms in total. The number of aliphatic hydroxyl groups is 3. The van der Waals surface area contributed by atoms with Gasteiger partial charge in [-0.1, -0.05) is 33.3 Å². The summed E-state index contributed by atoms with van der Waals surface area (Å²) < 4.78 is 5.26. The first-order chi connectivity index (χ1) is 8.73. The maximum absolute atomic E-state index is 11.1. The molecule has 3 rings (SSSR count). The van der Waals surface area contributed by atoms with Crippen LogP contribution in [0.4, 0.5) is 0 Å². The number of fused-ring (bicyclic) bond motifs is 3. The summed E-state index contributed by atoms with van der Waals surface area (Å²) in [7, 11) is 0. The van der Waals surface area contributed by atoms with Crippen LogP contribution in [0.15, 0.2) is 11.6 Å². The summed E-state index contributed by atoms with van der Waals surface area (Å²) in [5, 5.41) is 31.8. The molecule has 0 amide bonds. The lowest BCUT2D eigenvalue weighted by Gasteiger charge is -2.60. The van der Waals surface area contributed by atoms with Crippen LogP contribution >= 0.6 is 0 Å². The predicted octanol–water partition coefficient (Wildman–Crippen LogP) is 1.20. The minimum absolute atomic E-state index is 0.0630. The molecule has 4 heteroatoms. The van der Waals surface area contributed by atoms with Crippen molar-refractivity contribution in [3.05, 3.63) is 11.6 Å². The first-order valence-electron chi connectivity index (χ1n) is 7.15. The molecule has 5 atom stereocenters. The molecule has 108 valence electrons. The van der Waals surface area contributed by atoms with E-state index < -0.39 is 23.4 Å². The highest BCUT2D eigenvalue weighted by Gasteiger charge is 2.67. The van der Waals surface area contributed by atoms with Crippen LogP contribution in [-0.2, 0) is 4.74 Å². The predicted molar refractivity (Wildman–Crippen MR) is 70.2 cm³/mol. The van der Waals surface area contributed by atoms with E-state index in [1.165, 1.54) is 0 Å². The Balaban J connectivity index is 2.17. The van der Waals surface area contributed by atoms with Crippen LogP contribution in [-0.4, -0.2) is 39.9 Å². The van der Waals surface area contributed by atoms with Crippen molar-refractivity contribution in [1.29, 1.82) is 0 Å². The van der Waals surface area contributed by atoms with Crippen LogP contribution in [0.3, 0.4) is 0 Å². The average molecular weight is 268 g/mol. The van der Waals surface area contributed by atoms with E-state index in [1.807, 2.05) is 6.92 Å². The monoisotopic (exact) mass is 268 g/mol. The molecule has 0 aromatic carbocycles. The third kappa shape index (κ3) is 1.49. The van der Waals surface area contributed by atoms with Crippen molar-refractivity contribution in [2.75, 3.05) is 6.61 Å². The lowest BCUT2D eigenvalue weighted by atomic mass is 9.46. The fourth-order valence-corrected chi connectivity index (χ4v) is 5.04. The van der Waals surface area contributed by atoms with E-state index in [9.17, 15) is 15.3 Å². The molecule has 3 N–H and O–H groups in total. The van der Waals surface area contributed by atoms with Gasteiger partial charge in [-0.3, -0.25) is 0 Å². The van der Waals surface area contributed by atoms with Crippen LogP contribution in [0.25, 0.3) is 0 Å². The fraction of sp³-hybridized carbons (Fsp3) is 0.867. The second kappa shape index (κ2) is 3.82.